The fourth-order valence-electron chi connectivity index (χ4n) is 2.39. The molecule has 16 heavy (non-hydrogen) atoms. The van der Waals surface area contributed by atoms with E-state index < -0.39 is 0 Å². The van der Waals surface area contributed by atoms with E-state index >= 15 is 0 Å². The lowest BCUT2D eigenvalue weighted by Gasteiger charge is -2.20. The molecule has 0 bridgehead atoms. The van der Waals surface area contributed by atoms with Crippen LogP contribution in [0.5, 0.6) is 0 Å². The normalized spacial score (nSPS) is 18.9. The Morgan fingerprint density at radius 1 is 1.25 bits per heavy atom. The Labute approximate surface area is 107 Å². The minimum absolute atomic E-state index is 0.272. The molecule has 1 atom stereocenters. The Hall–Kier alpha value is -0.240. The zero-order valence-corrected chi connectivity index (χ0v) is 11.0. The van der Waals surface area contributed by atoms with Crippen LogP contribution in [0.2, 0.25) is 10.0 Å². The van der Waals surface area contributed by atoms with E-state index in [1.807, 2.05) is 18.2 Å². The van der Waals surface area contributed by atoms with Crippen molar-refractivity contribution in [1.29, 1.82) is 0 Å². The fraction of sp³-hybridized carbons (Fsp3) is 0.538. The molecular weight excluding hydrogens is 241 g/mol. The van der Waals surface area contributed by atoms with Crippen molar-refractivity contribution in [3.05, 3.63) is 33.8 Å². The van der Waals surface area contributed by atoms with E-state index in [2.05, 4.69) is 12.2 Å². The third kappa shape index (κ3) is 2.71. The Balaban J connectivity index is 2.07. The molecule has 0 spiro atoms. The highest BCUT2D eigenvalue weighted by molar-refractivity contribution is 6.42. The molecule has 0 amide bonds. The lowest BCUT2D eigenvalue weighted by atomic mass is 10.1. The van der Waals surface area contributed by atoms with Gasteiger partial charge in [0.1, 0.15) is 0 Å². The van der Waals surface area contributed by atoms with E-state index in [1.54, 1.807) is 0 Å². The monoisotopic (exact) mass is 257 g/mol. The maximum absolute atomic E-state index is 6.20. The molecule has 1 N–H and O–H groups in total. The molecule has 1 saturated carbocycles. The quantitative estimate of drug-likeness (QED) is 0.836. The average Bonchev–Trinajstić information content (AvgIpc) is 2.74. The third-order valence-electron chi connectivity index (χ3n) is 3.29. The first kappa shape index (κ1) is 12.2. The van der Waals surface area contributed by atoms with Gasteiger partial charge in [-0.1, -0.05) is 48.2 Å². The molecule has 88 valence electrons. The number of benzene rings is 1. The maximum Gasteiger partial charge on any atom is 0.0639 e. The Bertz CT molecular complexity index is 359. The Kier molecular flexibility index (Phi) is 4.12. The summed E-state index contributed by atoms with van der Waals surface area (Å²) >= 11 is 12.2. The summed E-state index contributed by atoms with van der Waals surface area (Å²) < 4.78 is 0. The van der Waals surface area contributed by atoms with Crippen LogP contribution in [-0.4, -0.2) is 6.04 Å². The van der Waals surface area contributed by atoms with E-state index in [-0.39, 0.29) is 6.04 Å². The van der Waals surface area contributed by atoms with Crippen molar-refractivity contribution in [2.24, 2.45) is 0 Å². The number of hydrogen-bond donors (Lipinski definition) is 1. The number of nitrogens with one attached hydrogen (secondary N) is 1. The smallest absolute Gasteiger partial charge is 0.0639 e. The molecule has 0 heterocycles. The van der Waals surface area contributed by atoms with Crippen LogP contribution in [0.15, 0.2) is 18.2 Å². The SMILES string of the molecule is CC(NC1CCCC1)c1cccc(Cl)c1Cl. The van der Waals surface area contributed by atoms with Crippen molar-refractivity contribution in [2.75, 3.05) is 0 Å². The zero-order valence-electron chi connectivity index (χ0n) is 9.47. The Morgan fingerprint density at radius 2 is 1.94 bits per heavy atom. The summed E-state index contributed by atoms with van der Waals surface area (Å²) in [7, 11) is 0. The van der Waals surface area contributed by atoms with E-state index in [4.69, 9.17) is 23.2 Å². The third-order valence-corrected chi connectivity index (χ3v) is 4.12. The van der Waals surface area contributed by atoms with Crippen LogP contribution < -0.4 is 5.32 Å². The van der Waals surface area contributed by atoms with Gasteiger partial charge in [-0.05, 0) is 31.4 Å². The molecule has 1 aliphatic carbocycles. The molecule has 1 nitrogen and oxygen atoms in total. The highest BCUT2D eigenvalue weighted by atomic mass is 35.5. The number of hydrogen-bond acceptors (Lipinski definition) is 1. The first-order valence-corrected chi connectivity index (χ1v) is 6.64. The van der Waals surface area contributed by atoms with Crippen LogP contribution in [0.1, 0.15) is 44.2 Å². The molecule has 3 heteroatoms. The highest BCUT2D eigenvalue weighted by Crippen LogP contribution is 2.31. The lowest BCUT2D eigenvalue weighted by molar-refractivity contribution is 0.461. The molecule has 0 aliphatic heterocycles. The van der Waals surface area contributed by atoms with Crippen LogP contribution >= 0.6 is 23.2 Å². The van der Waals surface area contributed by atoms with E-state index in [9.17, 15) is 0 Å². The van der Waals surface area contributed by atoms with E-state index in [1.165, 1.54) is 25.7 Å². The van der Waals surface area contributed by atoms with E-state index in [0.29, 0.717) is 16.1 Å². The molecule has 1 aromatic carbocycles. The first-order chi connectivity index (χ1) is 7.68. The van der Waals surface area contributed by atoms with Gasteiger partial charge in [-0.15, -0.1) is 0 Å². The van der Waals surface area contributed by atoms with Gasteiger partial charge in [-0.25, -0.2) is 0 Å². The molecule has 1 fully saturated rings. The van der Waals surface area contributed by atoms with Crippen LogP contribution in [0.4, 0.5) is 0 Å². The summed E-state index contributed by atoms with van der Waals surface area (Å²) in [6.07, 6.45) is 5.24. The summed E-state index contributed by atoms with van der Waals surface area (Å²) in [6, 6.07) is 6.74. The van der Waals surface area contributed by atoms with Gasteiger partial charge in [0.15, 0.2) is 0 Å². The molecular formula is C13H17Cl2N. The predicted octanol–water partition coefficient (Wildman–Crippen LogP) is 4.59. The molecule has 2 rings (SSSR count). The second kappa shape index (κ2) is 5.39. The molecule has 1 unspecified atom stereocenters. The summed E-state index contributed by atoms with van der Waals surface area (Å²) in [5.74, 6) is 0. The predicted molar refractivity (Wildman–Crippen MR) is 70.3 cm³/mol. The summed E-state index contributed by atoms with van der Waals surface area (Å²) in [5, 5.41) is 4.94. The van der Waals surface area contributed by atoms with Gasteiger partial charge in [0.25, 0.3) is 0 Å². The summed E-state index contributed by atoms with van der Waals surface area (Å²) in [4.78, 5) is 0. The minimum Gasteiger partial charge on any atom is -0.307 e. The van der Waals surface area contributed by atoms with Gasteiger partial charge in [0.2, 0.25) is 0 Å². The molecule has 1 aliphatic rings. The number of rotatable bonds is 3. The van der Waals surface area contributed by atoms with Crippen molar-refractivity contribution >= 4 is 23.2 Å². The van der Waals surface area contributed by atoms with Gasteiger partial charge in [-0.2, -0.15) is 0 Å². The second-order valence-corrected chi connectivity index (χ2v) is 5.30. The van der Waals surface area contributed by atoms with Crippen molar-refractivity contribution < 1.29 is 0 Å². The lowest BCUT2D eigenvalue weighted by Crippen LogP contribution is -2.29. The summed E-state index contributed by atoms with van der Waals surface area (Å²) in [5.41, 5.74) is 1.10. The second-order valence-electron chi connectivity index (χ2n) is 4.51. The number of halogens is 2. The molecule has 0 aromatic heterocycles. The fourth-order valence-corrected chi connectivity index (χ4v) is 2.86. The zero-order chi connectivity index (χ0) is 11.5. The topological polar surface area (TPSA) is 12.0 Å². The van der Waals surface area contributed by atoms with Gasteiger partial charge in [0, 0.05) is 12.1 Å². The standard InChI is InChI=1S/C13H17Cl2N/c1-9(16-10-5-2-3-6-10)11-7-4-8-12(14)13(11)15/h4,7-10,16H,2-3,5-6H2,1H3. The first-order valence-electron chi connectivity index (χ1n) is 5.88. The molecule has 1 aromatic rings. The Morgan fingerprint density at radius 3 is 2.62 bits per heavy atom. The highest BCUT2D eigenvalue weighted by Gasteiger charge is 2.19. The van der Waals surface area contributed by atoms with Crippen molar-refractivity contribution in [3.63, 3.8) is 0 Å². The van der Waals surface area contributed by atoms with Crippen LogP contribution in [0.25, 0.3) is 0 Å². The average molecular weight is 258 g/mol. The van der Waals surface area contributed by atoms with Crippen molar-refractivity contribution in [1.82, 2.24) is 5.32 Å². The van der Waals surface area contributed by atoms with Crippen LogP contribution in [-0.2, 0) is 0 Å². The van der Waals surface area contributed by atoms with Gasteiger partial charge in [-0.3, -0.25) is 0 Å². The minimum atomic E-state index is 0.272. The van der Waals surface area contributed by atoms with Crippen LogP contribution in [0.3, 0.4) is 0 Å². The van der Waals surface area contributed by atoms with Crippen molar-refractivity contribution in [3.8, 4) is 0 Å². The van der Waals surface area contributed by atoms with Gasteiger partial charge < -0.3 is 5.32 Å². The largest absolute Gasteiger partial charge is 0.307 e. The molecule has 0 saturated heterocycles. The van der Waals surface area contributed by atoms with Gasteiger partial charge >= 0.3 is 0 Å². The summed E-state index contributed by atoms with van der Waals surface area (Å²) in [6.45, 7) is 2.15. The van der Waals surface area contributed by atoms with Crippen LogP contribution in [0, 0.1) is 0 Å². The molecule has 0 radical (unpaired) electrons. The maximum atomic E-state index is 6.20. The van der Waals surface area contributed by atoms with Crippen molar-refractivity contribution in [2.45, 2.75) is 44.7 Å². The van der Waals surface area contributed by atoms with Gasteiger partial charge in [0.05, 0.1) is 10.0 Å². The van der Waals surface area contributed by atoms with E-state index in [0.717, 1.165) is 5.56 Å².